The van der Waals surface area contributed by atoms with Crippen LogP contribution in [0.4, 0.5) is 0 Å². The summed E-state index contributed by atoms with van der Waals surface area (Å²) in [6.07, 6.45) is 0. The summed E-state index contributed by atoms with van der Waals surface area (Å²) >= 11 is 1.58. The Hall–Kier alpha value is -2.27. The van der Waals surface area contributed by atoms with Gasteiger partial charge >= 0.3 is 0 Å². The molecule has 0 aliphatic carbocycles. The average molecular weight is 399 g/mol. The van der Waals surface area contributed by atoms with Gasteiger partial charge in [0.05, 0.1) is 5.75 Å². The van der Waals surface area contributed by atoms with Crippen LogP contribution < -0.4 is 5.32 Å². The number of carbonyl (C=O) groups excluding carboxylic acids is 2. The van der Waals surface area contributed by atoms with Gasteiger partial charge in [-0.1, -0.05) is 54.6 Å². The highest BCUT2D eigenvalue weighted by atomic mass is 32.2. The smallest absolute Gasteiger partial charge is 0.242 e. The Labute approximate surface area is 172 Å². The zero-order valence-electron chi connectivity index (χ0n) is 17.1. The third kappa shape index (κ3) is 6.71. The van der Waals surface area contributed by atoms with E-state index in [1.54, 1.807) is 23.6 Å². The van der Waals surface area contributed by atoms with Crippen LogP contribution in [0.5, 0.6) is 0 Å². The highest BCUT2D eigenvalue weighted by molar-refractivity contribution is 7.99. The Morgan fingerprint density at radius 3 is 2.29 bits per heavy atom. The van der Waals surface area contributed by atoms with Gasteiger partial charge in [-0.3, -0.25) is 9.59 Å². The van der Waals surface area contributed by atoms with E-state index in [9.17, 15) is 9.59 Å². The van der Waals surface area contributed by atoms with Crippen molar-refractivity contribution in [3.05, 3.63) is 71.3 Å². The van der Waals surface area contributed by atoms with Crippen LogP contribution in [-0.2, 0) is 21.9 Å². The van der Waals surface area contributed by atoms with Crippen molar-refractivity contribution in [2.75, 3.05) is 5.75 Å². The van der Waals surface area contributed by atoms with Crippen molar-refractivity contribution < 1.29 is 9.59 Å². The first-order valence-electron chi connectivity index (χ1n) is 9.64. The molecule has 28 heavy (non-hydrogen) atoms. The van der Waals surface area contributed by atoms with Crippen molar-refractivity contribution in [1.29, 1.82) is 0 Å². The predicted octanol–water partition coefficient (Wildman–Crippen LogP) is 4.17. The molecular weight excluding hydrogens is 368 g/mol. The van der Waals surface area contributed by atoms with Gasteiger partial charge in [0, 0.05) is 18.3 Å². The van der Waals surface area contributed by atoms with E-state index in [2.05, 4.69) is 17.4 Å². The quantitative estimate of drug-likeness (QED) is 0.690. The lowest BCUT2D eigenvalue weighted by atomic mass is 10.1. The first-order chi connectivity index (χ1) is 13.4. The molecule has 0 unspecified atom stereocenters. The maximum atomic E-state index is 13.0. The number of hydrogen-bond donors (Lipinski definition) is 1. The summed E-state index contributed by atoms with van der Waals surface area (Å²) in [5, 5.41) is 2.92. The van der Waals surface area contributed by atoms with E-state index >= 15 is 0 Å². The molecule has 2 aromatic rings. The first-order valence-corrected chi connectivity index (χ1v) is 10.8. The Morgan fingerprint density at radius 1 is 1.00 bits per heavy atom. The van der Waals surface area contributed by atoms with E-state index in [0.717, 1.165) is 16.9 Å². The molecule has 0 saturated carbocycles. The van der Waals surface area contributed by atoms with Crippen LogP contribution in [0.25, 0.3) is 0 Å². The van der Waals surface area contributed by atoms with Crippen LogP contribution >= 0.6 is 11.8 Å². The molecule has 0 aromatic heterocycles. The largest absolute Gasteiger partial charge is 0.352 e. The number of nitrogens with one attached hydrogen (secondary N) is 1. The molecule has 1 atom stereocenters. The number of rotatable bonds is 9. The lowest BCUT2D eigenvalue weighted by Gasteiger charge is -2.30. The summed E-state index contributed by atoms with van der Waals surface area (Å²) in [7, 11) is 0. The topological polar surface area (TPSA) is 49.4 Å². The molecule has 0 heterocycles. The van der Waals surface area contributed by atoms with Gasteiger partial charge in [0.2, 0.25) is 11.8 Å². The lowest BCUT2D eigenvalue weighted by Crippen LogP contribution is -2.49. The van der Waals surface area contributed by atoms with Crippen LogP contribution in [-0.4, -0.2) is 34.6 Å². The molecule has 4 nitrogen and oxygen atoms in total. The second kappa shape index (κ2) is 10.9. The van der Waals surface area contributed by atoms with Gasteiger partial charge in [-0.2, -0.15) is 0 Å². The number of nitrogens with zero attached hydrogens (tertiary/aromatic N) is 1. The van der Waals surface area contributed by atoms with Gasteiger partial charge in [-0.05, 0) is 44.4 Å². The summed E-state index contributed by atoms with van der Waals surface area (Å²) in [5.41, 5.74) is 3.37. The molecule has 2 amide bonds. The second-order valence-corrected chi connectivity index (χ2v) is 8.25. The number of benzene rings is 2. The monoisotopic (exact) mass is 398 g/mol. The molecule has 5 heteroatoms. The van der Waals surface area contributed by atoms with Gasteiger partial charge in [0.15, 0.2) is 0 Å². The Bertz CT molecular complexity index is 777. The zero-order chi connectivity index (χ0) is 20.5. The molecule has 0 aliphatic rings. The number of amides is 2. The second-order valence-electron chi connectivity index (χ2n) is 7.27. The Morgan fingerprint density at radius 2 is 1.64 bits per heavy atom. The number of aryl methyl sites for hydroxylation is 1. The molecule has 0 spiro atoms. The maximum absolute atomic E-state index is 13.0. The van der Waals surface area contributed by atoms with E-state index in [1.165, 1.54) is 5.56 Å². The fourth-order valence-corrected chi connectivity index (χ4v) is 3.74. The maximum Gasteiger partial charge on any atom is 0.242 e. The summed E-state index contributed by atoms with van der Waals surface area (Å²) in [6, 6.07) is 17.6. The van der Waals surface area contributed by atoms with E-state index in [-0.39, 0.29) is 17.9 Å². The molecule has 150 valence electrons. The van der Waals surface area contributed by atoms with Crippen molar-refractivity contribution in [2.24, 2.45) is 0 Å². The summed E-state index contributed by atoms with van der Waals surface area (Å²) in [5.74, 6) is 0.984. The Kier molecular flexibility index (Phi) is 8.58. The first kappa shape index (κ1) is 22.0. The van der Waals surface area contributed by atoms with Crippen LogP contribution in [0.15, 0.2) is 54.6 Å². The minimum atomic E-state index is -0.521. The molecular formula is C23H30N2O2S. The van der Waals surface area contributed by atoms with Gasteiger partial charge in [-0.25, -0.2) is 0 Å². The van der Waals surface area contributed by atoms with Crippen LogP contribution in [0.3, 0.4) is 0 Å². The standard InChI is InChI=1S/C23H30N2O2S/c1-17(2)24-23(27)19(4)25(14-21-13-9-8-10-18(21)3)22(26)16-28-15-20-11-6-5-7-12-20/h5-13,17,19H,14-16H2,1-4H3,(H,24,27)/t19-/m0/s1. The van der Waals surface area contributed by atoms with Crippen LogP contribution in [0.1, 0.15) is 37.5 Å². The molecule has 2 rings (SSSR count). The summed E-state index contributed by atoms with van der Waals surface area (Å²) < 4.78 is 0. The third-order valence-corrected chi connectivity index (χ3v) is 5.53. The van der Waals surface area contributed by atoms with Gasteiger partial charge in [0.25, 0.3) is 0 Å². The van der Waals surface area contributed by atoms with Crippen LogP contribution in [0.2, 0.25) is 0 Å². The molecule has 2 aromatic carbocycles. The number of carbonyl (C=O) groups is 2. The molecule has 0 aliphatic heterocycles. The van der Waals surface area contributed by atoms with E-state index in [0.29, 0.717) is 12.3 Å². The van der Waals surface area contributed by atoms with Gasteiger partial charge < -0.3 is 10.2 Å². The Balaban J connectivity index is 2.08. The molecule has 0 bridgehead atoms. The molecule has 1 N–H and O–H groups in total. The molecule has 0 radical (unpaired) electrons. The van der Waals surface area contributed by atoms with Crippen molar-refractivity contribution in [3.63, 3.8) is 0 Å². The minimum absolute atomic E-state index is 0.0180. The predicted molar refractivity (Wildman–Crippen MR) is 117 cm³/mol. The fraction of sp³-hybridized carbons (Fsp3) is 0.391. The summed E-state index contributed by atoms with van der Waals surface area (Å²) in [4.78, 5) is 27.3. The van der Waals surface area contributed by atoms with Crippen molar-refractivity contribution >= 4 is 23.6 Å². The van der Waals surface area contributed by atoms with E-state index in [4.69, 9.17) is 0 Å². The minimum Gasteiger partial charge on any atom is -0.352 e. The number of hydrogen-bond acceptors (Lipinski definition) is 3. The van der Waals surface area contributed by atoms with Gasteiger partial charge in [-0.15, -0.1) is 11.8 Å². The SMILES string of the molecule is Cc1ccccc1CN(C(=O)CSCc1ccccc1)[C@@H](C)C(=O)NC(C)C. The van der Waals surface area contributed by atoms with Gasteiger partial charge in [0.1, 0.15) is 6.04 Å². The van der Waals surface area contributed by atoms with E-state index in [1.807, 2.05) is 63.2 Å². The van der Waals surface area contributed by atoms with Crippen LogP contribution in [0, 0.1) is 6.92 Å². The zero-order valence-corrected chi connectivity index (χ0v) is 18.0. The molecule has 0 saturated heterocycles. The normalized spacial score (nSPS) is 11.9. The highest BCUT2D eigenvalue weighted by Gasteiger charge is 2.26. The van der Waals surface area contributed by atoms with Crippen molar-refractivity contribution in [1.82, 2.24) is 10.2 Å². The number of thioether (sulfide) groups is 1. The van der Waals surface area contributed by atoms with Crippen molar-refractivity contribution in [2.45, 2.75) is 52.1 Å². The fourth-order valence-electron chi connectivity index (χ4n) is 2.87. The average Bonchev–Trinajstić information content (AvgIpc) is 2.67. The molecule has 0 fully saturated rings. The van der Waals surface area contributed by atoms with Crippen molar-refractivity contribution in [3.8, 4) is 0 Å². The third-order valence-electron chi connectivity index (χ3n) is 4.54. The lowest BCUT2D eigenvalue weighted by molar-refractivity contribution is -0.138. The highest BCUT2D eigenvalue weighted by Crippen LogP contribution is 2.17. The summed E-state index contributed by atoms with van der Waals surface area (Å²) in [6.45, 7) is 8.11. The van der Waals surface area contributed by atoms with E-state index < -0.39 is 6.04 Å².